The number of hydrogen-bond donors (Lipinski definition) is 2. The molecule has 0 aromatic heterocycles. The summed E-state index contributed by atoms with van der Waals surface area (Å²) >= 11 is 0. The molecule has 0 fully saturated rings. The number of benzene rings is 2. The topological polar surface area (TPSA) is 114 Å². The number of hydrogen-bond acceptors (Lipinski definition) is 6. The van der Waals surface area contributed by atoms with Crippen molar-refractivity contribution in [2.45, 2.75) is 13.8 Å². The monoisotopic (exact) mass is 343 g/mol. The van der Waals surface area contributed by atoms with E-state index in [4.69, 9.17) is 4.74 Å². The molecule has 0 spiro atoms. The summed E-state index contributed by atoms with van der Waals surface area (Å²) in [7, 11) is 0. The molecule has 0 atom stereocenters. The molecule has 0 saturated carbocycles. The molecule has 1 amide bonds. The van der Waals surface area contributed by atoms with Crippen LogP contribution in [0.3, 0.4) is 0 Å². The van der Waals surface area contributed by atoms with Crippen LogP contribution in [0, 0.1) is 24.0 Å². The number of phenols is 1. The third-order valence-electron chi connectivity index (χ3n) is 3.18. The molecule has 25 heavy (non-hydrogen) atoms. The average Bonchev–Trinajstić information content (AvgIpc) is 2.53. The summed E-state index contributed by atoms with van der Waals surface area (Å²) in [6.07, 6.45) is 1.12. The normalized spacial score (nSPS) is 10.6. The minimum atomic E-state index is -0.590. The first-order chi connectivity index (χ1) is 11.8. The van der Waals surface area contributed by atoms with Gasteiger partial charge in [0.15, 0.2) is 6.61 Å². The highest BCUT2D eigenvalue weighted by Gasteiger charge is 2.09. The van der Waals surface area contributed by atoms with Gasteiger partial charge in [0.2, 0.25) is 0 Å². The number of aromatic hydroxyl groups is 1. The Kier molecular flexibility index (Phi) is 5.67. The number of hydrazone groups is 1. The summed E-state index contributed by atoms with van der Waals surface area (Å²) in [5.74, 6) is -0.108. The Labute approximate surface area is 143 Å². The molecule has 8 heteroatoms. The number of carbonyl (C=O) groups excluding carboxylic acids is 1. The van der Waals surface area contributed by atoms with Crippen molar-refractivity contribution in [3.8, 4) is 11.5 Å². The van der Waals surface area contributed by atoms with E-state index in [-0.39, 0.29) is 23.6 Å². The summed E-state index contributed by atoms with van der Waals surface area (Å²) < 4.78 is 5.38. The van der Waals surface area contributed by atoms with Crippen LogP contribution in [0.5, 0.6) is 11.5 Å². The summed E-state index contributed by atoms with van der Waals surface area (Å²) in [5, 5.41) is 24.0. The molecular weight excluding hydrogens is 326 g/mol. The van der Waals surface area contributed by atoms with E-state index in [2.05, 4.69) is 10.5 Å². The summed E-state index contributed by atoms with van der Waals surface area (Å²) in [4.78, 5) is 21.8. The smallest absolute Gasteiger partial charge is 0.277 e. The van der Waals surface area contributed by atoms with E-state index in [1.807, 2.05) is 32.0 Å². The molecule has 0 saturated heterocycles. The van der Waals surface area contributed by atoms with Gasteiger partial charge in [0.05, 0.1) is 11.1 Å². The zero-order valence-electron chi connectivity index (χ0n) is 13.7. The van der Waals surface area contributed by atoms with E-state index < -0.39 is 10.8 Å². The van der Waals surface area contributed by atoms with Crippen LogP contribution in [0.25, 0.3) is 0 Å². The van der Waals surface area contributed by atoms with Gasteiger partial charge < -0.3 is 9.84 Å². The highest BCUT2D eigenvalue weighted by molar-refractivity contribution is 5.86. The molecule has 130 valence electrons. The van der Waals surface area contributed by atoms with Gasteiger partial charge in [-0.3, -0.25) is 14.9 Å². The molecule has 2 N–H and O–H groups in total. The number of nitro groups is 1. The van der Waals surface area contributed by atoms with Crippen molar-refractivity contribution in [2.75, 3.05) is 6.61 Å². The van der Waals surface area contributed by atoms with Crippen LogP contribution in [0.1, 0.15) is 16.7 Å². The van der Waals surface area contributed by atoms with Crippen molar-refractivity contribution in [3.63, 3.8) is 0 Å². The Morgan fingerprint density at radius 1 is 1.28 bits per heavy atom. The molecule has 8 nitrogen and oxygen atoms in total. The summed E-state index contributed by atoms with van der Waals surface area (Å²) in [6, 6.07) is 9.11. The second-order valence-corrected chi connectivity index (χ2v) is 5.41. The van der Waals surface area contributed by atoms with Crippen LogP contribution >= 0.6 is 0 Å². The van der Waals surface area contributed by atoms with Gasteiger partial charge in [-0.05, 0) is 43.2 Å². The first kappa shape index (κ1) is 17.9. The maximum atomic E-state index is 11.7. The van der Waals surface area contributed by atoms with Crippen molar-refractivity contribution < 1.29 is 19.6 Å². The maximum Gasteiger partial charge on any atom is 0.277 e. The standard InChI is InChI=1S/C17H17N3O5/c1-11-5-12(2)7-15(6-11)25-10-17(22)19-18-9-13-8-14(20(23)24)3-4-16(13)21/h3-9,21H,10H2,1-2H3,(H,19,22)/b18-9-. The van der Waals surface area contributed by atoms with Gasteiger partial charge in [-0.15, -0.1) is 0 Å². The third-order valence-corrected chi connectivity index (χ3v) is 3.18. The predicted molar refractivity (Wildman–Crippen MR) is 91.9 cm³/mol. The van der Waals surface area contributed by atoms with Crippen molar-refractivity contribution in [1.29, 1.82) is 0 Å². The third kappa shape index (κ3) is 5.31. The lowest BCUT2D eigenvalue weighted by molar-refractivity contribution is -0.384. The number of ether oxygens (including phenoxy) is 1. The van der Waals surface area contributed by atoms with Crippen LogP contribution in [-0.2, 0) is 4.79 Å². The number of nitro benzene ring substituents is 1. The highest BCUT2D eigenvalue weighted by Crippen LogP contribution is 2.21. The Balaban J connectivity index is 1.92. The number of nitrogens with one attached hydrogen (secondary N) is 1. The fourth-order valence-corrected chi connectivity index (χ4v) is 2.13. The first-order valence-electron chi connectivity index (χ1n) is 7.35. The zero-order chi connectivity index (χ0) is 18.4. The number of phenolic OH excluding ortho intramolecular Hbond substituents is 1. The molecule has 0 aliphatic rings. The van der Waals surface area contributed by atoms with Crippen molar-refractivity contribution in [1.82, 2.24) is 5.43 Å². The van der Waals surface area contributed by atoms with E-state index >= 15 is 0 Å². The first-order valence-corrected chi connectivity index (χ1v) is 7.35. The number of carbonyl (C=O) groups is 1. The number of rotatable bonds is 6. The van der Waals surface area contributed by atoms with Crippen LogP contribution in [0.2, 0.25) is 0 Å². The Bertz CT molecular complexity index is 813. The van der Waals surface area contributed by atoms with Crippen LogP contribution in [0.15, 0.2) is 41.5 Å². The van der Waals surface area contributed by atoms with Gasteiger partial charge in [0, 0.05) is 17.7 Å². The molecule has 0 bridgehead atoms. The molecule has 0 heterocycles. The van der Waals surface area contributed by atoms with Gasteiger partial charge in [0.25, 0.3) is 11.6 Å². The molecule has 2 aromatic carbocycles. The van der Waals surface area contributed by atoms with Gasteiger partial charge in [0.1, 0.15) is 11.5 Å². The van der Waals surface area contributed by atoms with E-state index in [9.17, 15) is 20.0 Å². The van der Waals surface area contributed by atoms with Crippen molar-refractivity contribution in [3.05, 3.63) is 63.2 Å². The van der Waals surface area contributed by atoms with E-state index in [1.165, 1.54) is 12.1 Å². The van der Waals surface area contributed by atoms with Gasteiger partial charge >= 0.3 is 0 Å². The number of nitrogens with zero attached hydrogens (tertiary/aromatic N) is 2. The van der Waals surface area contributed by atoms with Crippen LogP contribution < -0.4 is 10.2 Å². The lowest BCUT2D eigenvalue weighted by atomic mass is 10.1. The van der Waals surface area contributed by atoms with E-state index in [1.54, 1.807) is 0 Å². The van der Waals surface area contributed by atoms with Crippen molar-refractivity contribution >= 4 is 17.8 Å². The second-order valence-electron chi connectivity index (χ2n) is 5.41. The molecule has 0 aliphatic heterocycles. The molecule has 2 aromatic rings. The molecule has 0 unspecified atom stereocenters. The highest BCUT2D eigenvalue weighted by atomic mass is 16.6. The predicted octanol–water partition coefficient (Wildman–Crippen LogP) is 2.45. The molecule has 0 aliphatic carbocycles. The quantitative estimate of drug-likeness (QED) is 0.475. The summed E-state index contributed by atoms with van der Waals surface area (Å²) in [5.41, 5.74) is 4.20. The fraction of sp³-hybridized carbons (Fsp3) is 0.176. The largest absolute Gasteiger partial charge is 0.507 e. The van der Waals surface area contributed by atoms with Gasteiger partial charge in [-0.1, -0.05) is 6.07 Å². The number of aryl methyl sites for hydroxylation is 2. The van der Waals surface area contributed by atoms with E-state index in [0.717, 1.165) is 23.4 Å². The Hall–Kier alpha value is -3.42. The Morgan fingerprint density at radius 2 is 1.96 bits per heavy atom. The van der Waals surface area contributed by atoms with Gasteiger partial charge in [-0.2, -0.15) is 5.10 Å². The fourth-order valence-electron chi connectivity index (χ4n) is 2.13. The molecule has 0 radical (unpaired) electrons. The number of amides is 1. The maximum absolute atomic E-state index is 11.7. The zero-order valence-corrected chi connectivity index (χ0v) is 13.7. The van der Waals surface area contributed by atoms with E-state index in [0.29, 0.717) is 5.75 Å². The minimum absolute atomic E-state index is 0.115. The number of non-ortho nitro benzene ring substituents is 1. The van der Waals surface area contributed by atoms with Crippen LogP contribution in [0.4, 0.5) is 5.69 Å². The summed E-state index contributed by atoms with van der Waals surface area (Å²) in [6.45, 7) is 3.62. The van der Waals surface area contributed by atoms with Crippen LogP contribution in [-0.4, -0.2) is 28.8 Å². The van der Waals surface area contributed by atoms with Gasteiger partial charge in [-0.25, -0.2) is 5.43 Å². The van der Waals surface area contributed by atoms with Crippen molar-refractivity contribution in [2.24, 2.45) is 5.10 Å². The Morgan fingerprint density at radius 3 is 2.60 bits per heavy atom. The lowest BCUT2D eigenvalue weighted by Gasteiger charge is -2.07. The lowest BCUT2D eigenvalue weighted by Crippen LogP contribution is -2.24. The average molecular weight is 343 g/mol. The second kappa shape index (κ2) is 7.91. The minimum Gasteiger partial charge on any atom is -0.507 e. The molecular formula is C17H17N3O5. The molecule has 2 rings (SSSR count). The SMILES string of the molecule is Cc1cc(C)cc(OCC(=O)N/N=C\c2cc([N+](=O)[O-])ccc2O)c1.